The van der Waals surface area contributed by atoms with Gasteiger partial charge in [0.15, 0.2) is 0 Å². The fraction of sp³-hybridized carbons (Fsp3) is 0.647. The van der Waals surface area contributed by atoms with E-state index in [4.69, 9.17) is 0 Å². The standard InChI is InChI=1S/C17H26/c1-13(2)16-11-7-8-12-17(16)14(3)15-9-5-4-6-10-15/h4-6,9-10,13-14,16-17H,7-8,11-12H2,1-3H3. The largest absolute Gasteiger partial charge is 0.0625 e. The van der Waals surface area contributed by atoms with Gasteiger partial charge in [0.1, 0.15) is 0 Å². The van der Waals surface area contributed by atoms with Gasteiger partial charge in [0, 0.05) is 0 Å². The van der Waals surface area contributed by atoms with Gasteiger partial charge in [0.05, 0.1) is 0 Å². The van der Waals surface area contributed by atoms with E-state index in [1.165, 1.54) is 31.2 Å². The van der Waals surface area contributed by atoms with Gasteiger partial charge >= 0.3 is 0 Å². The second kappa shape index (κ2) is 5.71. The van der Waals surface area contributed by atoms with Crippen molar-refractivity contribution >= 4 is 0 Å². The topological polar surface area (TPSA) is 0 Å². The molecule has 1 aliphatic carbocycles. The van der Waals surface area contributed by atoms with E-state index in [0.717, 1.165) is 23.7 Å². The average molecular weight is 230 g/mol. The molecule has 1 aliphatic rings. The zero-order valence-corrected chi connectivity index (χ0v) is 11.5. The molecule has 0 bridgehead atoms. The summed E-state index contributed by atoms with van der Waals surface area (Å²) in [4.78, 5) is 0. The summed E-state index contributed by atoms with van der Waals surface area (Å²) in [6.07, 6.45) is 5.75. The van der Waals surface area contributed by atoms with Crippen LogP contribution in [0, 0.1) is 17.8 Å². The minimum Gasteiger partial charge on any atom is -0.0625 e. The third-order valence-corrected chi connectivity index (χ3v) is 4.70. The third kappa shape index (κ3) is 2.91. The summed E-state index contributed by atoms with van der Waals surface area (Å²) in [6, 6.07) is 11.1. The van der Waals surface area contributed by atoms with E-state index in [1.807, 2.05) is 0 Å². The molecule has 2 rings (SSSR count). The van der Waals surface area contributed by atoms with E-state index in [2.05, 4.69) is 51.1 Å². The van der Waals surface area contributed by atoms with Crippen LogP contribution in [-0.2, 0) is 0 Å². The van der Waals surface area contributed by atoms with Crippen LogP contribution in [0.25, 0.3) is 0 Å². The Morgan fingerprint density at radius 3 is 2.06 bits per heavy atom. The van der Waals surface area contributed by atoms with E-state index in [0.29, 0.717) is 0 Å². The van der Waals surface area contributed by atoms with E-state index in [-0.39, 0.29) is 0 Å². The van der Waals surface area contributed by atoms with Crippen molar-refractivity contribution in [1.82, 2.24) is 0 Å². The molecule has 3 atom stereocenters. The summed E-state index contributed by atoms with van der Waals surface area (Å²) in [5, 5.41) is 0. The normalized spacial score (nSPS) is 27.1. The first kappa shape index (κ1) is 12.7. The molecule has 0 aliphatic heterocycles. The van der Waals surface area contributed by atoms with Crippen LogP contribution in [0.2, 0.25) is 0 Å². The van der Waals surface area contributed by atoms with Gasteiger partial charge in [-0.15, -0.1) is 0 Å². The minimum atomic E-state index is 0.726. The molecule has 3 unspecified atom stereocenters. The number of rotatable bonds is 3. The monoisotopic (exact) mass is 230 g/mol. The van der Waals surface area contributed by atoms with Crippen molar-refractivity contribution < 1.29 is 0 Å². The first-order valence-electron chi connectivity index (χ1n) is 7.25. The quantitative estimate of drug-likeness (QED) is 0.665. The smallest absolute Gasteiger partial charge is 0.0159 e. The van der Waals surface area contributed by atoms with Crippen molar-refractivity contribution in [3.63, 3.8) is 0 Å². The summed E-state index contributed by atoms with van der Waals surface area (Å²) in [5.41, 5.74) is 1.53. The van der Waals surface area contributed by atoms with Crippen LogP contribution >= 0.6 is 0 Å². The molecule has 1 aromatic carbocycles. The highest BCUT2D eigenvalue weighted by Crippen LogP contribution is 2.42. The maximum absolute atomic E-state index is 2.43. The lowest BCUT2D eigenvalue weighted by molar-refractivity contribution is 0.157. The molecule has 0 N–H and O–H groups in total. The Kier molecular flexibility index (Phi) is 4.25. The molecule has 17 heavy (non-hydrogen) atoms. The van der Waals surface area contributed by atoms with E-state index in [1.54, 1.807) is 0 Å². The Labute approximate surface area is 106 Å². The molecule has 0 amide bonds. The highest BCUT2D eigenvalue weighted by Gasteiger charge is 2.31. The van der Waals surface area contributed by atoms with Gasteiger partial charge in [0.25, 0.3) is 0 Å². The average Bonchev–Trinajstić information content (AvgIpc) is 2.39. The Bertz CT molecular complexity index is 325. The number of benzene rings is 1. The Hall–Kier alpha value is -0.780. The zero-order chi connectivity index (χ0) is 12.3. The summed E-state index contributed by atoms with van der Waals surface area (Å²) >= 11 is 0. The summed E-state index contributed by atoms with van der Waals surface area (Å²) in [5.74, 6) is 3.39. The second-order valence-electron chi connectivity index (χ2n) is 6.06. The van der Waals surface area contributed by atoms with E-state index < -0.39 is 0 Å². The van der Waals surface area contributed by atoms with Crippen LogP contribution in [0.1, 0.15) is 57.9 Å². The minimum absolute atomic E-state index is 0.726. The van der Waals surface area contributed by atoms with Gasteiger partial charge in [-0.05, 0) is 42.1 Å². The zero-order valence-electron chi connectivity index (χ0n) is 11.5. The lowest BCUT2D eigenvalue weighted by atomic mass is 9.67. The molecular formula is C17H26. The summed E-state index contributed by atoms with van der Waals surface area (Å²) in [7, 11) is 0. The number of hydrogen-bond donors (Lipinski definition) is 0. The maximum atomic E-state index is 2.43. The Morgan fingerprint density at radius 1 is 0.882 bits per heavy atom. The molecule has 0 radical (unpaired) electrons. The van der Waals surface area contributed by atoms with E-state index >= 15 is 0 Å². The highest BCUT2D eigenvalue weighted by atomic mass is 14.4. The molecule has 1 fully saturated rings. The van der Waals surface area contributed by atoms with E-state index in [9.17, 15) is 0 Å². The Morgan fingerprint density at radius 2 is 1.47 bits per heavy atom. The molecule has 0 spiro atoms. The summed E-state index contributed by atoms with van der Waals surface area (Å²) < 4.78 is 0. The van der Waals surface area contributed by atoms with Gasteiger partial charge in [0.2, 0.25) is 0 Å². The first-order chi connectivity index (χ1) is 8.20. The van der Waals surface area contributed by atoms with Gasteiger partial charge in [-0.25, -0.2) is 0 Å². The van der Waals surface area contributed by atoms with Crippen LogP contribution in [0.5, 0.6) is 0 Å². The fourth-order valence-electron chi connectivity index (χ4n) is 3.64. The SMILES string of the molecule is CC(C)C1CCCCC1C(C)c1ccccc1. The Balaban J connectivity index is 2.14. The molecule has 0 saturated heterocycles. The molecule has 0 heterocycles. The van der Waals surface area contributed by atoms with Crippen LogP contribution in [0.3, 0.4) is 0 Å². The van der Waals surface area contributed by atoms with Crippen molar-refractivity contribution in [2.24, 2.45) is 17.8 Å². The fourth-order valence-corrected chi connectivity index (χ4v) is 3.64. The van der Waals surface area contributed by atoms with Gasteiger partial charge in [-0.2, -0.15) is 0 Å². The molecule has 1 saturated carbocycles. The molecule has 0 heteroatoms. The maximum Gasteiger partial charge on any atom is -0.0159 e. The second-order valence-corrected chi connectivity index (χ2v) is 6.06. The lowest BCUT2D eigenvalue weighted by Gasteiger charge is -2.38. The predicted octanol–water partition coefficient (Wildman–Crippen LogP) is 5.25. The van der Waals surface area contributed by atoms with Gasteiger partial charge < -0.3 is 0 Å². The van der Waals surface area contributed by atoms with Crippen LogP contribution < -0.4 is 0 Å². The molecule has 0 aromatic heterocycles. The van der Waals surface area contributed by atoms with Crippen molar-refractivity contribution in [1.29, 1.82) is 0 Å². The van der Waals surface area contributed by atoms with Crippen molar-refractivity contribution in [2.75, 3.05) is 0 Å². The summed E-state index contributed by atoms with van der Waals surface area (Å²) in [6.45, 7) is 7.24. The molecular weight excluding hydrogens is 204 g/mol. The van der Waals surface area contributed by atoms with Crippen LogP contribution in [0.4, 0.5) is 0 Å². The highest BCUT2D eigenvalue weighted by molar-refractivity contribution is 5.20. The van der Waals surface area contributed by atoms with Gasteiger partial charge in [-0.1, -0.05) is 63.9 Å². The van der Waals surface area contributed by atoms with Gasteiger partial charge in [-0.3, -0.25) is 0 Å². The van der Waals surface area contributed by atoms with Crippen molar-refractivity contribution in [3.8, 4) is 0 Å². The van der Waals surface area contributed by atoms with Crippen molar-refractivity contribution in [3.05, 3.63) is 35.9 Å². The molecule has 94 valence electrons. The van der Waals surface area contributed by atoms with Crippen LogP contribution in [0.15, 0.2) is 30.3 Å². The van der Waals surface area contributed by atoms with Crippen LogP contribution in [-0.4, -0.2) is 0 Å². The number of hydrogen-bond acceptors (Lipinski definition) is 0. The van der Waals surface area contributed by atoms with Crippen molar-refractivity contribution in [2.45, 2.75) is 52.4 Å². The third-order valence-electron chi connectivity index (χ3n) is 4.70. The first-order valence-corrected chi connectivity index (χ1v) is 7.25. The molecule has 0 nitrogen and oxygen atoms in total. The lowest BCUT2D eigenvalue weighted by Crippen LogP contribution is -2.28. The molecule has 1 aromatic rings. The predicted molar refractivity (Wildman–Crippen MR) is 75.1 cm³/mol.